The van der Waals surface area contributed by atoms with Crippen LogP contribution < -0.4 is 5.32 Å². The number of fused-ring (bicyclic) bond motifs is 1. The Kier molecular flexibility index (Phi) is 6.48. The summed E-state index contributed by atoms with van der Waals surface area (Å²) in [6.45, 7) is 8.07. The van der Waals surface area contributed by atoms with Crippen LogP contribution in [0.3, 0.4) is 0 Å². The van der Waals surface area contributed by atoms with Crippen LogP contribution in [-0.4, -0.2) is 31.2 Å². The van der Waals surface area contributed by atoms with Gasteiger partial charge in [0.15, 0.2) is 0 Å². The highest BCUT2D eigenvalue weighted by atomic mass is 35.5. The number of halogens is 1. The number of aryl methyl sites for hydroxylation is 4. The first-order valence-electron chi connectivity index (χ1n) is 10.3. The number of amides is 1. The van der Waals surface area contributed by atoms with Gasteiger partial charge in [0.25, 0.3) is 5.78 Å². The number of thioether (sulfide) groups is 1. The van der Waals surface area contributed by atoms with Gasteiger partial charge in [-0.3, -0.25) is 4.79 Å². The fraction of sp³-hybridized carbons (Fsp3) is 0.250. The number of rotatable bonds is 6. The average molecular weight is 466 g/mol. The summed E-state index contributed by atoms with van der Waals surface area (Å²) in [6, 6.07) is 13.7. The molecule has 0 saturated carbocycles. The Morgan fingerprint density at radius 3 is 2.50 bits per heavy atom. The Morgan fingerprint density at radius 1 is 1.03 bits per heavy atom. The van der Waals surface area contributed by atoms with E-state index in [4.69, 9.17) is 11.6 Å². The summed E-state index contributed by atoms with van der Waals surface area (Å²) in [4.78, 5) is 21.5. The van der Waals surface area contributed by atoms with Crippen molar-refractivity contribution in [3.8, 4) is 0 Å². The van der Waals surface area contributed by atoms with E-state index in [0.29, 0.717) is 10.9 Å². The first kappa shape index (κ1) is 22.3. The zero-order valence-electron chi connectivity index (χ0n) is 18.4. The van der Waals surface area contributed by atoms with Crippen LogP contribution in [0.15, 0.2) is 47.6 Å². The zero-order chi connectivity index (χ0) is 22.8. The summed E-state index contributed by atoms with van der Waals surface area (Å²) in [7, 11) is 0. The van der Waals surface area contributed by atoms with Crippen LogP contribution in [0.4, 0.5) is 5.69 Å². The van der Waals surface area contributed by atoms with Crippen LogP contribution in [0.5, 0.6) is 0 Å². The first-order chi connectivity index (χ1) is 15.3. The molecule has 1 N–H and O–H groups in total. The molecule has 0 spiro atoms. The van der Waals surface area contributed by atoms with Gasteiger partial charge in [0.2, 0.25) is 11.1 Å². The minimum Gasteiger partial charge on any atom is -0.325 e. The van der Waals surface area contributed by atoms with Crippen LogP contribution in [0.1, 0.15) is 33.6 Å². The third kappa shape index (κ3) is 4.95. The van der Waals surface area contributed by atoms with Gasteiger partial charge >= 0.3 is 0 Å². The van der Waals surface area contributed by atoms with Crippen molar-refractivity contribution in [2.24, 2.45) is 0 Å². The molecular weight excluding hydrogens is 442 g/mol. The normalized spacial score (nSPS) is 11.2. The lowest BCUT2D eigenvalue weighted by atomic mass is 10.0. The van der Waals surface area contributed by atoms with Gasteiger partial charge < -0.3 is 5.32 Å². The van der Waals surface area contributed by atoms with E-state index in [0.717, 1.165) is 45.2 Å². The number of nitrogens with zero attached hydrogens (tertiary/aromatic N) is 4. The van der Waals surface area contributed by atoms with Crippen molar-refractivity contribution < 1.29 is 4.79 Å². The number of aromatic nitrogens is 4. The van der Waals surface area contributed by atoms with Gasteiger partial charge in [0, 0.05) is 28.5 Å². The van der Waals surface area contributed by atoms with E-state index in [9.17, 15) is 4.79 Å². The number of hydrogen-bond donors (Lipinski definition) is 1. The second kappa shape index (κ2) is 9.30. The zero-order valence-corrected chi connectivity index (χ0v) is 20.0. The summed E-state index contributed by atoms with van der Waals surface area (Å²) in [5, 5.41) is 8.75. The maximum absolute atomic E-state index is 12.4. The highest BCUT2D eigenvalue weighted by molar-refractivity contribution is 7.99. The van der Waals surface area contributed by atoms with Gasteiger partial charge in [0.1, 0.15) is 0 Å². The van der Waals surface area contributed by atoms with Gasteiger partial charge in [-0.25, -0.2) is 9.50 Å². The number of hydrogen-bond acceptors (Lipinski definition) is 5. The van der Waals surface area contributed by atoms with Gasteiger partial charge in [-0.2, -0.15) is 4.98 Å². The smallest absolute Gasteiger partial charge is 0.253 e. The molecule has 6 nitrogen and oxygen atoms in total. The minimum atomic E-state index is -0.0959. The predicted molar refractivity (Wildman–Crippen MR) is 130 cm³/mol. The first-order valence-corrected chi connectivity index (χ1v) is 11.6. The molecule has 0 aliphatic rings. The van der Waals surface area contributed by atoms with E-state index in [1.165, 1.54) is 17.3 Å². The summed E-state index contributed by atoms with van der Waals surface area (Å²) in [5.74, 6) is 0.665. The molecule has 1 amide bonds. The molecule has 0 radical (unpaired) electrons. The Labute approximate surface area is 196 Å². The topological polar surface area (TPSA) is 72.2 Å². The molecule has 4 rings (SSSR count). The van der Waals surface area contributed by atoms with E-state index in [1.54, 1.807) is 4.52 Å². The fourth-order valence-corrected chi connectivity index (χ4v) is 4.20. The SMILES string of the molecule is Cc1ccc(NC(=O)CSc2nc3nc(C)c(Cc4ccc(Cl)cc4)c(C)n3n2)cc1C. The number of carbonyl (C=O) groups excluding carboxylic acids is 1. The molecule has 0 fully saturated rings. The molecule has 0 aliphatic heterocycles. The molecule has 2 aromatic carbocycles. The maximum Gasteiger partial charge on any atom is 0.253 e. The third-order valence-corrected chi connectivity index (χ3v) is 6.54. The van der Waals surface area contributed by atoms with Crippen LogP contribution >= 0.6 is 23.4 Å². The monoisotopic (exact) mass is 465 g/mol. The van der Waals surface area contributed by atoms with Crippen molar-refractivity contribution in [1.82, 2.24) is 19.6 Å². The van der Waals surface area contributed by atoms with Crippen LogP contribution in [0.25, 0.3) is 5.78 Å². The quantitative estimate of drug-likeness (QED) is 0.389. The number of carbonyl (C=O) groups is 1. The molecule has 8 heteroatoms. The molecule has 0 aliphatic carbocycles. The van der Waals surface area contributed by atoms with Crippen LogP contribution in [0, 0.1) is 27.7 Å². The Morgan fingerprint density at radius 2 is 1.78 bits per heavy atom. The largest absolute Gasteiger partial charge is 0.325 e. The molecule has 2 aromatic heterocycles. The summed E-state index contributed by atoms with van der Waals surface area (Å²) >= 11 is 7.30. The maximum atomic E-state index is 12.4. The second-order valence-electron chi connectivity index (χ2n) is 7.81. The summed E-state index contributed by atoms with van der Waals surface area (Å²) in [5.41, 5.74) is 7.29. The molecule has 0 unspecified atom stereocenters. The molecule has 2 heterocycles. The lowest BCUT2D eigenvalue weighted by Crippen LogP contribution is -2.14. The highest BCUT2D eigenvalue weighted by Crippen LogP contribution is 2.22. The summed E-state index contributed by atoms with van der Waals surface area (Å²) in [6.07, 6.45) is 0.735. The van der Waals surface area contributed by atoms with Crippen molar-refractivity contribution in [2.45, 2.75) is 39.3 Å². The molecular formula is C24H24ClN5OS. The molecule has 164 valence electrons. The van der Waals surface area contributed by atoms with Crippen molar-refractivity contribution in [3.05, 3.63) is 81.1 Å². The lowest BCUT2D eigenvalue weighted by molar-refractivity contribution is -0.113. The average Bonchev–Trinajstić information content (AvgIpc) is 3.17. The van der Waals surface area contributed by atoms with E-state index < -0.39 is 0 Å². The molecule has 0 bridgehead atoms. The fourth-order valence-electron chi connectivity index (χ4n) is 3.46. The van der Waals surface area contributed by atoms with E-state index in [-0.39, 0.29) is 11.7 Å². The second-order valence-corrected chi connectivity index (χ2v) is 9.19. The molecule has 32 heavy (non-hydrogen) atoms. The van der Waals surface area contributed by atoms with E-state index >= 15 is 0 Å². The Bertz CT molecular complexity index is 1300. The van der Waals surface area contributed by atoms with Gasteiger partial charge in [-0.15, -0.1) is 5.10 Å². The van der Waals surface area contributed by atoms with Gasteiger partial charge in [-0.05, 0) is 74.2 Å². The lowest BCUT2D eigenvalue weighted by Gasteiger charge is -2.10. The van der Waals surface area contributed by atoms with E-state index in [1.807, 2.05) is 70.2 Å². The van der Waals surface area contributed by atoms with E-state index in [2.05, 4.69) is 20.4 Å². The van der Waals surface area contributed by atoms with Crippen molar-refractivity contribution >= 4 is 40.7 Å². The standard InChI is InChI=1S/C24H24ClN5OS/c1-14-5-10-20(11-15(14)2)27-22(31)13-32-24-28-23-26-16(3)21(17(4)30(23)29-24)12-18-6-8-19(25)9-7-18/h5-11H,12-13H2,1-4H3,(H,27,31). The van der Waals surface area contributed by atoms with Crippen molar-refractivity contribution in [1.29, 1.82) is 0 Å². The Hall–Kier alpha value is -2.90. The minimum absolute atomic E-state index is 0.0959. The van der Waals surface area contributed by atoms with Crippen LogP contribution in [-0.2, 0) is 11.2 Å². The number of benzene rings is 2. The number of nitrogens with one attached hydrogen (secondary N) is 1. The van der Waals surface area contributed by atoms with Gasteiger partial charge in [0.05, 0.1) is 5.75 Å². The Balaban J connectivity index is 1.48. The van der Waals surface area contributed by atoms with Crippen molar-refractivity contribution in [3.63, 3.8) is 0 Å². The number of anilines is 1. The molecule has 0 atom stereocenters. The summed E-state index contributed by atoms with van der Waals surface area (Å²) < 4.78 is 1.75. The molecule has 0 saturated heterocycles. The van der Waals surface area contributed by atoms with Crippen LogP contribution in [0.2, 0.25) is 5.02 Å². The van der Waals surface area contributed by atoms with Gasteiger partial charge in [-0.1, -0.05) is 41.6 Å². The predicted octanol–water partition coefficient (Wildman–Crippen LogP) is 5.33. The molecule has 4 aromatic rings. The highest BCUT2D eigenvalue weighted by Gasteiger charge is 2.15. The van der Waals surface area contributed by atoms with Crippen molar-refractivity contribution in [2.75, 3.05) is 11.1 Å². The third-order valence-electron chi connectivity index (χ3n) is 5.45.